The van der Waals surface area contributed by atoms with Gasteiger partial charge in [-0.3, -0.25) is 39.7 Å². The molecule has 0 aromatic heterocycles. The van der Waals surface area contributed by atoms with E-state index in [1.165, 1.54) is 44.9 Å². The van der Waals surface area contributed by atoms with Crippen LogP contribution in [0.4, 0.5) is 0 Å². The van der Waals surface area contributed by atoms with E-state index >= 15 is 0 Å². The lowest BCUT2D eigenvalue weighted by Gasteiger charge is -2.34. The van der Waals surface area contributed by atoms with Crippen LogP contribution in [0.5, 0.6) is 0 Å². The lowest BCUT2D eigenvalue weighted by molar-refractivity contribution is -0.130. The van der Waals surface area contributed by atoms with Gasteiger partial charge in [-0.15, -0.1) is 0 Å². The maximum atomic E-state index is 11.1. The Balaban J connectivity index is -0.000000906. The van der Waals surface area contributed by atoms with E-state index in [2.05, 4.69) is 117 Å². The molecule has 3 saturated heterocycles. The van der Waals surface area contributed by atoms with Gasteiger partial charge in [0.2, 0.25) is 5.91 Å². The van der Waals surface area contributed by atoms with Gasteiger partial charge >= 0.3 is 0 Å². The van der Waals surface area contributed by atoms with E-state index in [0.717, 1.165) is 97.6 Å². The number of carbonyl (C=O) groups excluding carboxylic acids is 1. The summed E-state index contributed by atoms with van der Waals surface area (Å²) in [6, 6.07) is 2.59. The third kappa shape index (κ3) is 46.4. The largest absolute Gasteiger partial charge is 0.370 e. The second-order valence-electron chi connectivity index (χ2n) is 23.3. The van der Waals surface area contributed by atoms with E-state index in [4.69, 9.17) is 40.1 Å². The summed E-state index contributed by atoms with van der Waals surface area (Å²) < 4.78 is 0. The highest BCUT2D eigenvalue weighted by atomic mass is 16.2. The number of likely N-dealkylation sites (N-methyl/N-ethyl adjacent to an activating group) is 1. The monoisotopic (exact) mass is 1180 g/mol. The minimum Gasteiger partial charge on any atom is -0.370 e. The summed E-state index contributed by atoms with van der Waals surface area (Å²) in [5, 5.41) is 3.04. The summed E-state index contributed by atoms with van der Waals surface area (Å²) in [5.74, 6) is 4.66. The molecule has 15 N–H and O–H groups in total. The Bertz CT molecular complexity index is 1810. The number of amides is 1. The van der Waals surface area contributed by atoms with Crippen LogP contribution >= 0.6 is 0 Å². The number of carbonyl (C=O) groups is 1. The van der Waals surface area contributed by atoms with Crippen molar-refractivity contribution in [2.75, 3.05) is 113 Å². The van der Waals surface area contributed by atoms with E-state index in [9.17, 15) is 4.79 Å². The molecule has 0 spiro atoms. The number of nitrogens with two attached hydrogens (primary N) is 7. The minimum absolute atomic E-state index is 0.133. The Hall–Kier alpha value is -5.68. The van der Waals surface area contributed by atoms with Crippen LogP contribution in [0, 0.1) is 0 Å². The van der Waals surface area contributed by atoms with Gasteiger partial charge in [0.15, 0.2) is 41.7 Å². The Morgan fingerprint density at radius 2 is 0.735 bits per heavy atom. The smallest absolute Gasteiger partial charge is 0.219 e. The summed E-state index contributed by atoms with van der Waals surface area (Å²) in [7, 11) is 5.88. The molecule has 0 bridgehead atoms. The molecule has 1 aliphatic carbocycles. The summed E-state index contributed by atoms with van der Waals surface area (Å²) in [4.78, 5) is 57.3. The van der Waals surface area contributed by atoms with Crippen LogP contribution in [0.15, 0.2) is 34.9 Å². The second kappa shape index (κ2) is 47.7. The molecule has 4 rings (SSSR count). The van der Waals surface area contributed by atoms with Crippen molar-refractivity contribution in [2.45, 2.75) is 225 Å². The van der Waals surface area contributed by atoms with Gasteiger partial charge in [-0.05, 0) is 157 Å². The zero-order valence-electron chi connectivity index (χ0n) is 57.1. The van der Waals surface area contributed by atoms with Crippen LogP contribution in [0.25, 0.3) is 0 Å². The topological polar surface area (TPSA) is 324 Å². The van der Waals surface area contributed by atoms with E-state index in [1.54, 1.807) is 11.8 Å². The van der Waals surface area contributed by atoms with Crippen molar-refractivity contribution in [3.63, 3.8) is 0 Å². The predicted molar refractivity (Wildman–Crippen MR) is 361 cm³/mol. The van der Waals surface area contributed by atoms with Gasteiger partial charge in [-0.1, -0.05) is 19.3 Å². The van der Waals surface area contributed by atoms with Crippen molar-refractivity contribution in [3.8, 4) is 0 Å². The van der Waals surface area contributed by atoms with Crippen LogP contribution in [-0.2, 0) is 4.79 Å². The molecule has 24 nitrogen and oxygen atoms in total. The van der Waals surface area contributed by atoms with Crippen molar-refractivity contribution in [1.82, 2.24) is 44.5 Å². The number of nitrogens with zero attached hydrogens (tertiary/aromatic N) is 15. The average Bonchev–Trinajstić information content (AvgIpc) is 4.20. The second-order valence-corrected chi connectivity index (χ2v) is 23.3. The Labute approximate surface area is 507 Å². The molecule has 83 heavy (non-hydrogen) atoms. The number of aliphatic imine (C=N–C) groups is 7. The molecular weight excluding hydrogens is 1050 g/mol. The van der Waals surface area contributed by atoms with Crippen LogP contribution in [-0.4, -0.2) is 248 Å². The highest BCUT2D eigenvalue weighted by Gasteiger charge is 2.21. The number of guanidine groups is 7. The van der Waals surface area contributed by atoms with Gasteiger partial charge in [0.1, 0.15) is 0 Å². The molecule has 0 radical (unpaired) electrons. The van der Waals surface area contributed by atoms with Gasteiger partial charge in [0.25, 0.3) is 0 Å². The number of likely N-dealkylation sites (tertiary alicyclic amines) is 1. The molecule has 4 fully saturated rings. The van der Waals surface area contributed by atoms with E-state index in [1.807, 2.05) is 103 Å². The SMILES string of the molecule is CC(=O)N1CCN(C(N)=NC(C)C)CC1.CC(C)N=C(N)N(C)C.CC(C)N=C(N)N1CCCCCCC1.CC(C)N=C(N)N1CCN(C)CC1.CC(C)NC(N)=NC1CC1.CCN(CC)C(N)=NC(C)C.CCN(CC)C(N)=NC(C)C. The zero-order chi connectivity index (χ0) is 64.4. The van der Waals surface area contributed by atoms with E-state index in [-0.39, 0.29) is 30.1 Å². The highest BCUT2D eigenvalue weighted by Crippen LogP contribution is 2.23. The first-order valence-corrected chi connectivity index (χ1v) is 31.2. The molecular formula is C59H131N23O. The minimum atomic E-state index is 0.133. The zero-order valence-corrected chi connectivity index (χ0v) is 57.1. The molecule has 3 heterocycles. The number of hydrogen-bond acceptors (Lipinski definition) is 9. The molecule has 0 atom stereocenters. The fourth-order valence-electron chi connectivity index (χ4n) is 7.70. The fourth-order valence-corrected chi connectivity index (χ4v) is 7.70. The van der Waals surface area contributed by atoms with Gasteiger partial charge in [0, 0.05) is 155 Å². The van der Waals surface area contributed by atoms with Gasteiger partial charge in [0.05, 0.1) is 6.04 Å². The van der Waals surface area contributed by atoms with Crippen molar-refractivity contribution >= 4 is 47.6 Å². The van der Waals surface area contributed by atoms with Crippen LogP contribution in [0.2, 0.25) is 0 Å². The predicted octanol–water partition coefficient (Wildman–Crippen LogP) is 4.64. The number of piperazine rings is 2. The molecule has 3 aliphatic heterocycles. The molecule has 1 saturated carbocycles. The maximum absolute atomic E-state index is 11.1. The quantitative estimate of drug-likeness (QED) is 0.0975. The van der Waals surface area contributed by atoms with Gasteiger partial charge < -0.3 is 84.7 Å². The molecule has 0 aromatic rings. The normalized spacial score (nSPS) is 17.1. The summed E-state index contributed by atoms with van der Waals surface area (Å²) in [6.45, 7) is 51.4. The first-order valence-electron chi connectivity index (χ1n) is 31.2. The highest BCUT2D eigenvalue weighted by molar-refractivity contribution is 5.81. The molecule has 488 valence electrons. The summed E-state index contributed by atoms with van der Waals surface area (Å²) >= 11 is 0. The third-order valence-corrected chi connectivity index (χ3v) is 12.3. The molecule has 4 aliphatic rings. The Morgan fingerprint density at radius 3 is 1.00 bits per heavy atom. The maximum Gasteiger partial charge on any atom is 0.219 e. The standard InChI is InChI=1S/C11H23N3.C10H20N4O.C9H20N4.2C8H19N3.C7H15N3.C6H15N3/c1-10(2)13-11(12)14-8-6-4-3-5-7-9-14;1-8(2)12-10(11)14-6-4-13(5-7-14)9(3)15;1-8(2)11-9(10)13-6-4-12(3)5-7-13;2*1-5-11(6-2)8(9)10-7(3)4;1-5(2)9-7(8)10-6-3-4-6;1-5(2)8-6(7)9(3)4/h10H,3-9H2,1-2H3,(H2,12,13);8H,4-7H2,1-3H3,(H2,11,12);8H,4-7H2,1-3H3,(H2,10,11);2*7H,5-6H2,1-4H3,(H2,9,10);5-6H,3-4H2,1-2H3,(H3,8,9,10);5H,1-4H3,(H2,7,8). The first-order chi connectivity index (χ1) is 38.7. The van der Waals surface area contributed by atoms with Crippen LogP contribution in [0.3, 0.4) is 0 Å². The molecule has 24 heteroatoms. The van der Waals surface area contributed by atoms with Crippen LogP contribution < -0.4 is 45.5 Å². The fraction of sp³-hybridized carbons (Fsp3) is 0.864. The van der Waals surface area contributed by atoms with Crippen LogP contribution in [0.1, 0.15) is 176 Å². The van der Waals surface area contributed by atoms with Crippen molar-refractivity contribution in [1.29, 1.82) is 0 Å². The first kappa shape index (κ1) is 81.5. The van der Waals surface area contributed by atoms with Crippen molar-refractivity contribution in [2.24, 2.45) is 75.1 Å². The van der Waals surface area contributed by atoms with Crippen molar-refractivity contribution in [3.05, 3.63) is 0 Å². The lowest BCUT2D eigenvalue weighted by atomic mass is 10.1. The van der Waals surface area contributed by atoms with Gasteiger partial charge in [-0.2, -0.15) is 0 Å². The lowest BCUT2D eigenvalue weighted by Crippen LogP contribution is -2.52. The Morgan fingerprint density at radius 1 is 0.446 bits per heavy atom. The number of nitrogens with one attached hydrogen (secondary N) is 1. The Kier molecular flexibility index (Phi) is 46.8. The molecule has 0 unspecified atom stereocenters. The van der Waals surface area contributed by atoms with Gasteiger partial charge in [-0.25, -0.2) is 0 Å². The molecule has 1 amide bonds. The summed E-state index contributed by atoms with van der Waals surface area (Å²) in [5.41, 5.74) is 40.1. The van der Waals surface area contributed by atoms with E-state index < -0.39 is 0 Å². The summed E-state index contributed by atoms with van der Waals surface area (Å²) in [6.07, 6.45) is 9.00. The van der Waals surface area contributed by atoms with Crippen molar-refractivity contribution < 1.29 is 4.79 Å². The molecule has 0 aromatic carbocycles. The third-order valence-electron chi connectivity index (χ3n) is 12.3. The average molecular weight is 1180 g/mol. The van der Waals surface area contributed by atoms with E-state index in [0.29, 0.717) is 59.9 Å². The number of hydrogen-bond donors (Lipinski definition) is 8. The number of rotatable bonds is 12.